The van der Waals surface area contributed by atoms with E-state index in [1.807, 2.05) is 0 Å². The molecule has 2 rings (SSSR count). The molecule has 1 unspecified atom stereocenters. The predicted molar refractivity (Wildman–Crippen MR) is 51.7 cm³/mol. The molecule has 78 valence electrons. The second-order valence-electron chi connectivity index (χ2n) is 4.87. The third-order valence-electron chi connectivity index (χ3n) is 3.37. The molecule has 2 saturated heterocycles. The third-order valence-corrected chi connectivity index (χ3v) is 3.37. The van der Waals surface area contributed by atoms with Gasteiger partial charge in [-0.2, -0.15) is 0 Å². The molecule has 4 nitrogen and oxygen atoms in total. The molecular formula is C10H16N2O2. The van der Waals surface area contributed by atoms with Gasteiger partial charge in [0.25, 0.3) is 5.91 Å². The minimum absolute atomic E-state index is 0.0419. The van der Waals surface area contributed by atoms with Crippen LogP contribution in [0.3, 0.4) is 0 Å². The van der Waals surface area contributed by atoms with Crippen LogP contribution >= 0.6 is 0 Å². The number of nitrogens with zero attached hydrogens (tertiary/aromatic N) is 2. The topological polar surface area (TPSA) is 40.6 Å². The lowest BCUT2D eigenvalue weighted by atomic mass is 9.77. The van der Waals surface area contributed by atoms with Crippen LogP contribution in [-0.4, -0.2) is 41.4 Å². The van der Waals surface area contributed by atoms with E-state index >= 15 is 0 Å². The number of carbonyl (C=O) groups excluding carboxylic acids is 2. The van der Waals surface area contributed by atoms with Crippen molar-refractivity contribution in [2.75, 3.05) is 13.6 Å². The lowest BCUT2D eigenvalue weighted by molar-refractivity contribution is -0.131. The van der Waals surface area contributed by atoms with Crippen molar-refractivity contribution in [1.82, 2.24) is 9.80 Å². The molecule has 0 radical (unpaired) electrons. The summed E-state index contributed by atoms with van der Waals surface area (Å²) in [5, 5.41) is 0. The Labute approximate surface area is 83.9 Å². The molecule has 2 heterocycles. The molecule has 2 fully saturated rings. The van der Waals surface area contributed by atoms with E-state index in [4.69, 9.17) is 0 Å². The average Bonchev–Trinajstić information content (AvgIpc) is 2.31. The summed E-state index contributed by atoms with van der Waals surface area (Å²) in [5.41, 5.74) is -0.0737. The first-order valence-corrected chi connectivity index (χ1v) is 5.03. The Balaban J connectivity index is 2.37. The van der Waals surface area contributed by atoms with Crippen LogP contribution in [0.15, 0.2) is 0 Å². The number of hydrogen-bond donors (Lipinski definition) is 0. The highest BCUT2D eigenvalue weighted by atomic mass is 16.2. The molecule has 2 aliphatic heterocycles. The van der Waals surface area contributed by atoms with E-state index < -0.39 is 0 Å². The molecule has 0 aromatic heterocycles. The molecular weight excluding hydrogens is 180 g/mol. The average molecular weight is 196 g/mol. The number of imide groups is 1. The molecule has 1 atom stereocenters. The van der Waals surface area contributed by atoms with Gasteiger partial charge in [-0.15, -0.1) is 0 Å². The van der Waals surface area contributed by atoms with Crippen LogP contribution in [0.5, 0.6) is 0 Å². The van der Waals surface area contributed by atoms with Crippen LogP contribution in [0.25, 0.3) is 0 Å². The van der Waals surface area contributed by atoms with Gasteiger partial charge in [0, 0.05) is 13.6 Å². The number of likely N-dealkylation sites (N-methyl/N-ethyl adjacent to an activating group) is 1. The van der Waals surface area contributed by atoms with Gasteiger partial charge in [-0.3, -0.25) is 9.69 Å². The first-order chi connectivity index (χ1) is 6.45. The van der Waals surface area contributed by atoms with E-state index in [9.17, 15) is 9.59 Å². The second-order valence-corrected chi connectivity index (χ2v) is 4.87. The highest BCUT2D eigenvalue weighted by Crippen LogP contribution is 2.39. The van der Waals surface area contributed by atoms with E-state index in [1.54, 1.807) is 11.9 Å². The minimum atomic E-state index is -0.228. The van der Waals surface area contributed by atoms with Crippen molar-refractivity contribution < 1.29 is 9.59 Å². The first kappa shape index (κ1) is 9.49. The maximum atomic E-state index is 11.8. The zero-order chi connectivity index (χ0) is 10.5. The van der Waals surface area contributed by atoms with Crippen LogP contribution in [0.4, 0.5) is 4.79 Å². The van der Waals surface area contributed by atoms with Crippen molar-refractivity contribution in [3.05, 3.63) is 0 Å². The fourth-order valence-corrected chi connectivity index (χ4v) is 2.54. The summed E-state index contributed by atoms with van der Waals surface area (Å²) in [6, 6.07) is -0.360. The quantitative estimate of drug-likeness (QED) is 0.544. The van der Waals surface area contributed by atoms with Crippen molar-refractivity contribution in [1.29, 1.82) is 0 Å². The van der Waals surface area contributed by atoms with Crippen LogP contribution < -0.4 is 0 Å². The van der Waals surface area contributed by atoms with Gasteiger partial charge in [-0.25, -0.2) is 4.79 Å². The maximum Gasteiger partial charge on any atom is 0.327 e. The van der Waals surface area contributed by atoms with E-state index in [-0.39, 0.29) is 23.4 Å². The monoisotopic (exact) mass is 196 g/mol. The summed E-state index contributed by atoms with van der Waals surface area (Å²) >= 11 is 0. The Hall–Kier alpha value is -1.06. The summed E-state index contributed by atoms with van der Waals surface area (Å²) in [6.07, 6.45) is 2.01. The fraction of sp³-hybridized carbons (Fsp3) is 0.800. The number of rotatable bonds is 0. The van der Waals surface area contributed by atoms with Crippen LogP contribution in [0, 0.1) is 5.41 Å². The SMILES string of the molecule is CN1C(=O)C2N(CCCC2(C)C)C1=O. The number of carbonyl (C=O) groups is 2. The molecule has 0 N–H and O–H groups in total. The Morgan fingerprint density at radius 1 is 1.36 bits per heavy atom. The van der Waals surface area contributed by atoms with Crippen molar-refractivity contribution in [3.8, 4) is 0 Å². The lowest BCUT2D eigenvalue weighted by Crippen LogP contribution is -2.49. The normalized spacial score (nSPS) is 30.9. The molecule has 0 aliphatic carbocycles. The van der Waals surface area contributed by atoms with E-state index in [2.05, 4.69) is 13.8 Å². The van der Waals surface area contributed by atoms with Crippen molar-refractivity contribution in [2.45, 2.75) is 32.7 Å². The molecule has 0 bridgehead atoms. The highest BCUT2D eigenvalue weighted by Gasteiger charge is 2.52. The summed E-state index contributed by atoms with van der Waals surface area (Å²) in [5.74, 6) is -0.0419. The Morgan fingerprint density at radius 3 is 2.57 bits per heavy atom. The zero-order valence-electron chi connectivity index (χ0n) is 8.91. The standard InChI is InChI=1S/C10H16N2O2/c1-10(2)5-4-6-12-7(10)8(13)11(3)9(12)14/h7H,4-6H2,1-3H3. The number of urea groups is 1. The molecule has 3 amide bonds. The van der Waals surface area contributed by atoms with Gasteiger partial charge in [-0.05, 0) is 18.3 Å². The first-order valence-electron chi connectivity index (χ1n) is 5.03. The Kier molecular flexibility index (Phi) is 1.84. The largest absolute Gasteiger partial charge is 0.327 e. The number of hydrogen-bond acceptors (Lipinski definition) is 2. The summed E-state index contributed by atoms with van der Waals surface area (Å²) < 4.78 is 0. The van der Waals surface area contributed by atoms with E-state index in [1.165, 1.54) is 4.90 Å². The van der Waals surface area contributed by atoms with Gasteiger partial charge in [0.05, 0.1) is 0 Å². The van der Waals surface area contributed by atoms with Gasteiger partial charge < -0.3 is 4.90 Å². The fourth-order valence-electron chi connectivity index (χ4n) is 2.54. The summed E-state index contributed by atoms with van der Waals surface area (Å²) in [7, 11) is 1.57. The number of piperidine rings is 1. The molecule has 4 heteroatoms. The number of fused-ring (bicyclic) bond motifs is 1. The molecule has 0 aromatic carbocycles. The third kappa shape index (κ3) is 1.06. The van der Waals surface area contributed by atoms with Gasteiger partial charge in [0.2, 0.25) is 0 Å². The van der Waals surface area contributed by atoms with Crippen molar-refractivity contribution in [3.63, 3.8) is 0 Å². The van der Waals surface area contributed by atoms with Crippen LogP contribution in [0.2, 0.25) is 0 Å². The van der Waals surface area contributed by atoms with Gasteiger partial charge >= 0.3 is 6.03 Å². The molecule has 14 heavy (non-hydrogen) atoms. The van der Waals surface area contributed by atoms with E-state index in [0.717, 1.165) is 19.4 Å². The Morgan fingerprint density at radius 2 is 2.00 bits per heavy atom. The predicted octanol–water partition coefficient (Wildman–Crippen LogP) is 1.07. The van der Waals surface area contributed by atoms with Gasteiger partial charge in [0.15, 0.2) is 0 Å². The smallest absolute Gasteiger partial charge is 0.312 e. The highest BCUT2D eigenvalue weighted by molar-refractivity contribution is 6.04. The lowest BCUT2D eigenvalue weighted by Gasteiger charge is -2.39. The van der Waals surface area contributed by atoms with Gasteiger partial charge in [0.1, 0.15) is 6.04 Å². The molecule has 0 spiro atoms. The molecule has 0 saturated carbocycles. The van der Waals surface area contributed by atoms with Crippen molar-refractivity contribution in [2.24, 2.45) is 5.41 Å². The Bertz CT molecular complexity index is 298. The zero-order valence-corrected chi connectivity index (χ0v) is 8.91. The minimum Gasteiger partial charge on any atom is -0.312 e. The second kappa shape index (κ2) is 2.72. The summed E-state index contributed by atoms with van der Waals surface area (Å²) in [6.45, 7) is 4.85. The van der Waals surface area contributed by atoms with Crippen LogP contribution in [0.1, 0.15) is 26.7 Å². The van der Waals surface area contributed by atoms with Gasteiger partial charge in [-0.1, -0.05) is 13.8 Å². The maximum absolute atomic E-state index is 11.8. The molecule has 2 aliphatic rings. The summed E-state index contributed by atoms with van der Waals surface area (Å²) in [4.78, 5) is 26.5. The van der Waals surface area contributed by atoms with E-state index in [0.29, 0.717) is 0 Å². The van der Waals surface area contributed by atoms with Crippen molar-refractivity contribution >= 4 is 11.9 Å². The molecule has 0 aromatic rings. The number of amides is 3. The van der Waals surface area contributed by atoms with Crippen LogP contribution in [-0.2, 0) is 4.79 Å².